The van der Waals surface area contributed by atoms with E-state index in [4.69, 9.17) is 21.1 Å². The molecule has 0 fully saturated rings. The lowest BCUT2D eigenvalue weighted by atomic mass is 10.2. The van der Waals surface area contributed by atoms with Crippen molar-refractivity contribution >= 4 is 38.9 Å². The van der Waals surface area contributed by atoms with Crippen molar-refractivity contribution in [3.8, 4) is 17.2 Å². The third-order valence-corrected chi connectivity index (χ3v) is 6.52. The highest BCUT2D eigenvalue weighted by molar-refractivity contribution is 7.92. The lowest BCUT2D eigenvalue weighted by molar-refractivity contribution is 0.102. The van der Waals surface area contributed by atoms with Crippen molar-refractivity contribution in [2.24, 2.45) is 0 Å². The van der Waals surface area contributed by atoms with Crippen LogP contribution in [-0.2, 0) is 10.0 Å². The summed E-state index contributed by atoms with van der Waals surface area (Å²) in [5.74, 6) is 0.738. The van der Waals surface area contributed by atoms with Crippen LogP contribution < -0.4 is 19.5 Å². The maximum Gasteiger partial charge on any atom is 0.262 e. The van der Waals surface area contributed by atoms with Crippen molar-refractivity contribution in [2.75, 3.05) is 17.1 Å². The smallest absolute Gasteiger partial charge is 0.262 e. The lowest BCUT2D eigenvalue weighted by Gasteiger charge is -2.15. The molecule has 0 spiro atoms. The number of benzene rings is 4. The van der Waals surface area contributed by atoms with E-state index in [1.54, 1.807) is 54.6 Å². The van der Waals surface area contributed by atoms with E-state index in [-0.39, 0.29) is 16.3 Å². The Bertz CT molecular complexity index is 1460. The van der Waals surface area contributed by atoms with Crippen LogP contribution in [-0.4, -0.2) is 21.4 Å². The van der Waals surface area contributed by atoms with Crippen LogP contribution in [0.1, 0.15) is 10.4 Å². The van der Waals surface area contributed by atoms with Crippen LogP contribution in [0.25, 0.3) is 0 Å². The normalized spacial score (nSPS) is 10.9. The fourth-order valence-corrected chi connectivity index (χ4v) is 4.52. The first-order valence-corrected chi connectivity index (χ1v) is 12.3. The zero-order valence-corrected chi connectivity index (χ0v) is 20.1. The molecule has 7 nitrogen and oxygen atoms in total. The average Bonchev–Trinajstić information content (AvgIpc) is 2.85. The van der Waals surface area contributed by atoms with Gasteiger partial charge in [-0.15, -0.1) is 0 Å². The van der Waals surface area contributed by atoms with E-state index in [2.05, 4.69) is 10.0 Å². The van der Waals surface area contributed by atoms with Gasteiger partial charge >= 0.3 is 0 Å². The van der Waals surface area contributed by atoms with Gasteiger partial charge in [0.2, 0.25) is 0 Å². The van der Waals surface area contributed by atoms with Crippen molar-refractivity contribution in [3.05, 3.63) is 108 Å². The van der Waals surface area contributed by atoms with Crippen LogP contribution >= 0.6 is 11.6 Å². The van der Waals surface area contributed by atoms with Gasteiger partial charge in [-0.25, -0.2) is 8.42 Å². The van der Waals surface area contributed by atoms with Crippen LogP contribution in [0, 0.1) is 0 Å². The summed E-state index contributed by atoms with van der Waals surface area (Å²) in [5, 5.41) is 3.09. The van der Waals surface area contributed by atoms with Crippen LogP contribution in [0.5, 0.6) is 17.2 Å². The number of rotatable bonds is 8. The summed E-state index contributed by atoms with van der Waals surface area (Å²) in [4.78, 5) is 12.6. The highest BCUT2D eigenvalue weighted by Gasteiger charge is 2.20. The second-order valence-electron chi connectivity index (χ2n) is 7.34. The summed E-state index contributed by atoms with van der Waals surface area (Å²) in [5.41, 5.74) is 0.767. The number of hydrogen-bond donors (Lipinski definition) is 2. The molecule has 4 aromatic carbocycles. The van der Waals surface area contributed by atoms with E-state index in [0.717, 1.165) is 0 Å². The first-order valence-electron chi connectivity index (χ1n) is 10.5. The Hall–Kier alpha value is -4.01. The van der Waals surface area contributed by atoms with E-state index in [1.165, 1.54) is 31.4 Å². The third kappa shape index (κ3) is 5.92. The van der Waals surface area contributed by atoms with Gasteiger partial charge < -0.3 is 14.8 Å². The summed E-state index contributed by atoms with van der Waals surface area (Å²) in [6, 6.07) is 26.3. The molecule has 1 amide bonds. The van der Waals surface area contributed by atoms with Crippen LogP contribution in [0.2, 0.25) is 5.02 Å². The zero-order valence-electron chi connectivity index (χ0n) is 18.6. The minimum absolute atomic E-state index is 0.0748. The van der Waals surface area contributed by atoms with Crippen molar-refractivity contribution in [1.82, 2.24) is 0 Å². The second-order valence-corrected chi connectivity index (χ2v) is 9.46. The molecule has 0 heterocycles. The van der Waals surface area contributed by atoms with Crippen molar-refractivity contribution < 1.29 is 22.7 Å². The molecule has 0 aromatic heterocycles. The summed E-state index contributed by atoms with van der Waals surface area (Å²) < 4.78 is 40.1. The van der Waals surface area contributed by atoms with Crippen LogP contribution in [0.15, 0.2) is 102 Å². The Balaban J connectivity index is 1.61. The largest absolute Gasteiger partial charge is 0.495 e. The Morgan fingerprint density at radius 2 is 1.54 bits per heavy atom. The highest BCUT2D eigenvalue weighted by atomic mass is 35.5. The van der Waals surface area contributed by atoms with E-state index in [9.17, 15) is 13.2 Å². The quantitative estimate of drug-likeness (QED) is 0.296. The Morgan fingerprint density at radius 3 is 2.29 bits per heavy atom. The number of carbonyl (C=O) groups is 1. The number of methoxy groups -OCH3 is 1. The molecule has 0 aliphatic rings. The molecule has 0 saturated heterocycles. The summed E-state index contributed by atoms with van der Waals surface area (Å²) in [6.07, 6.45) is 0. The van der Waals surface area contributed by atoms with Gasteiger partial charge in [0, 0.05) is 10.6 Å². The number of nitrogens with one attached hydrogen (secondary N) is 2. The molecule has 0 unspecified atom stereocenters. The van der Waals surface area contributed by atoms with Crippen molar-refractivity contribution in [2.45, 2.75) is 4.90 Å². The minimum atomic E-state index is -4.04. The number of amides is 1. The monoisotopic (exact) mass is 508 g/mol. The molecule has 4 rings (SSSR count). The molecule has 0 atom stereocenters. The highest BCUT2D eigenvalue weighted by Crippen LogP contribution is 2.33. The van der Waals surface area contributed by atoms with Gasteiger partial charge in [-0.1, -0.05) is 48.0 Å². The van der Waals surface area contributed by atoms with Gasteiger partial charge in [0.25, 0.3) is 15.9 Å². The summed E-state index contributed by atoms with van der Waals surface area (Å²) in [7, 11) is -2.62. The van der Waals surface area contributed by atoms with Crippen molar-refractivity contribution in [3.63, 3.8) is 0 Å². The Kier molecular flexibility index (Phi) is 7.24. The topological polar surface area (TPSA) is 93.7 Å². The number of halogens is 1. The van der Waals surface area contributed by atoms with Gasteiger partial charge in [-0.2, -0.15) is 0 Å². The fourth-order valence-electron chi connectivity index (χ4n) is 3.24. The molecule has 178 valence electrons. The average molecular weight is 509 g/mol. The number of anilines is 2. The van der Waals surface area contributed by atoms with Gasteiger partial charge in [-0.3, -0.25) is 9.52 Å². The lowest BCUT2D eigenvalue weighted by Crippen LogP contribution is -2.16. The predicted molar refractivity (Wildman–Crippen MR) is 136 cm³/mol. The summed E-state index contributed by atoms with van der Waals surface area (Å²) in [6.45, 7) is 0. The van der Waals surface area contributed by atoms with E-state index >= 15 is 0 Å². The molecule has 0 saturated carbocycles. The van der Waals surface area contributed by atoms with Gasteiger partial charge in [-0.05, 0) is 60.7 Å². The van der Waals surface area contributed by atoms with Gasteiger partial charge in [0.15, 0.2) is 5.75 Å². The molecule has 2 N–H and O–H groups in total. The maximum absolute atomic E-state index is 13.2. The number of sulfonamides is 1. The molecule has 35 heavy (non-hydrogen) atoms. The SMILES string of the molecule is COc1ccc(S(=O)(=O)Nc2ccccc2Oc2ccccc2)cc1NC(=O)c1cccc(Cl)c1. The molecular formula is C26H21ClN2O5S. The Morgan fingerprint density at radius 1 is 0.800 bits per heavy atom. The van der Waals surface area contributed by atoms with Gasteiger partial charge in [0.05, 0.1) is 23.4 Å². The van der Waals surface area contributed by atoms with Crippen LogP contribution in [0.4, 0.5) is 11.4 Å². The van der Waals surface area contributed by atoms with Crippen LogP contribution in [0.3, 0.4) is 0 Å². The van der Waals surface area contributed by atoms with E-state index in [0.29, 0.717) is 27.8 Å². The number of carbonyl (C=O) groups excluding carboxylic acids is 1. The standard InChI is InChI=1S/C26H21ClN2O5S/c1-33-24-15-14-21(17-23(24)28-26(30)18-8-7-9-19(27)16-18)35(31,32)29-22-12-5-6-13-25(22)34-20-10-3-2-4-11-20/h2-17,29H,1H3,(H,28,30). The molecular weight excluding hydrogens is 488 g/mol. The predicted octanol–water partition coefficient (Wildman–Crippen LogP) is 6.19. The number of ether oxygens (including phenoxy) is 2. The second kappa shape index (κ2) is 10.5. The molecule has 4 aromatic rings. The first-order chi connectivity index (χ1) is 16.9. The summed E-state index contributed by atoms with van der Waals surface area (Å²) >= 11 is 5.97. The van der Waals surface area contributed by atoms with E-state index in [1.807, 2.05) is 18.2 Å². The van der Waals surface area contributed by atoms with Gasteiger partial charge in [0.1, 0.15) is 11.5 Å². The minimum Gasteiger partial charge on any atom is -0.495 e. The molecule has 9 heteroatoms. The number of para-hydroxylation sites is 3. The molecule has 0 aliphatic carbocycles. The Labute approximate surface area is 208 Å². The van der Waals surface area contributed by atoms with Crippen molar-refractivity contribution in [1.29, 1.82) is 0 Å². The fraction of sp³-hybridized carbons (Fsp3) is 0.0385. The first kappa shape index (κ1) is 24.1. The van der Waals surface area contributed by atoms with E-state index < -0.39 is 15.9 Å². The molecule has 0 aliphatic heterocycles. The molecule has 0 radical (unpaired) electrons. The third-order valence-electron chi connectivity index (χ3n) is 4.92. The molecule has 0 bridgehead atoms. The zero-order chi connectivity index (χ0) is 24.8. The maximum atomic E-state index is 13.2. The number of hydrogen-bond acceptors (Lipinski definition) is 5.